The van der Waals surface area contributed by atoms with Gasteiger partial charge in [0, 0.05) is 34.0 Å². The normalized spacial score (nSPS) is 23.2. The van der Waals surface area contributed by atoms with Crippen LogP contribution in [0, 0.1) is 5.92 Å². The van der Waals surface area contributed by atoms with Crippen LogP contribution in [-0.4, -0.2) is 34.0 Å². The van der Waals surface area contributed by atoms with Crippen molar-refractivity contribution in [3.63, 3.8) is 0 Å². The summed E-state index contributed by atoms with van der Waals surface area (Å²) in [5.41, 5.74) is 2.28. The monoisotopic (exact) mass is 589 g/mol. The molecular weight excluding hydrogens is 568 g/mol. The SMILES string of the molecule is CN(CC1CCCC1I)C(=O)C1=NN(c2ccc(Cl)cc2Cl)C(c2ccc(Cl)cc2)C1. The number of amides is 1. The molecule has 1 aliphatic carbocycles. The van der Waals surface area contributed by atoms with E-state index in [2.05, 4.69) is 22.6 Å². The largest absolute Gasteiger partial charge is 0.340 e. The van der Waals surface area contributed by atoms with Crippen molar-refractivity contribution in [2.24, 2.45) is 11.0 Å². The smallest absolute Gasteiger partial charge is 0.269 e. The van der Waals surface area contributed by atoms with E-state index >= 15 is 0 Å². The van der Waals surface area contributed by atoms with Crippen LogP contribution in [0.3, 0.4) is 0 Å². The van der Waals surface area contributed by atoms with E-state index in [9.17, 15) is 4.79 Å². The zero-order chi connectivity index (χ0) is 22.1. The van der Waals surface area contributed by atoms with Crippen molar-refractivity contribution in [3.8, 4) is 0 Å². The standard InChI is InChI=1S/C23H23Cl3IN3O/c1-29(13-15-3-2-4-19(15)27)23(31)20-12-22(14-5-7-16(24)8-6-14)30(28-20)21-10-9-17(25)11-18(21)26/h5-11,15,19,22H,2-4,12-13H2,1H3. The average Bonchev–Trinajstić information content (AvgIpc) is 3.35. The van der Waals surface area contributed by atoms with E-state index in [-0.39, 0.29) is 11.9 Å². The van der Waals surface area contributed by atoms with Crippen molar-refractivity contribution in [1.82, 2.24) is 4.90 Å². The number of benzene rings is 2. The fourth-order valence-corrected chi connectivity index (χ4v) is 5.97. The lowest BCUT2D eigenvalue weighted by Crippen LogP contribution is -2.37. The third-order valence-electron chi connectivity index (χ3n) is 5.99. The summed E-state index contributed by atoms with van der Waals surface area (Å²) in [6.07, 6.45) is 4.15. The Morgan fingerprint density at radius 1 is 1.13 bits per heavy atom. The molecule has 4 rings (SSSR count). The fraction of sp³-hybridized carbons (Fsp3) is 0.391. The molecule has 0 spiro atoms. The quantitative estimate of drug-likeness (QED) is 0.277. The Balaban J connectivity index is 1.62. The fourth-order valence-electron chi connectivity index (χ4n) is 4.33. The number of carbonyl (C=O) groups excluding carboxylic acids is 1. The van der Waals surface area contributed by atoms with Crippen molar-refractivity contribution in [2.75, 3.05) is 18.6 Å². The summed E-state index contributed by atoms with van der Waals surface area (Å²) in [7, 11) is 1.88. The van der Waals surface area contributed by atoms with Gasteiger partial charge < -0.3 is 4.90 Å². The second-order valence-corrected chi connectivity index (χ2v) is 11.0. The van der Waals surface area contributed by atoms with Crippen LogP contribution >= 0.6 is 57.4 Å². The van der Waals surface area contributed by atoms with E-state index in [1.807, 2.05) is 47.3 Å². The molecule has 2 aromatic carbocycles. The maximum absolute atomic E-state index is 13.3. The van der Waals surface area contributed by atoms with E-state index in [0.717, 1.165) is 17.8 Å². The summed E-state index contributed by atoms with van der Waals surface area (Å²) >= 11 is 21.2. The predicted molar refractivity (Wildman–Crippen MR) is 138 cm³/mol. The van der Waals surface area contributed by atoms with Gasteiger partial charge in [0.15, 0.2) is 0 Å². The topological polar surface area (TPSA) is 35.9 Å². The molecule has 2 aromatic rings. The molecular formula is C23H23Cl3IN3O. The van der Waals surface area contributed by atoms with Crippen LogP contribution in [0.15, 0.2) is 47.6 Å². The minimum atomic E-state index is -0.146. The van der Waals surface area contributed by atoms with Gasteiger partial charge in [-0.1, -0.05) is 75.9 Å². The number of rotatable bonds is 5. The van der Waals surface area contributed by atoms with E-state index < -0.39 is 0 Å². The zero-order valence-electron chi connectivity index (χ0n) is 17.1. The zero-order valence-corrected chi connectivity index (χ0v) is 21.5. The first-order valence-electron chi connectivity index (χ1n) is 10.3. The molecule has 164 valence electrons. The molecule has 0 bridgehead atoms. The van der Waals surface area contributed by atoms with Crippen molar-refractivity contribution >= 4 is 74.7 Å². The van der Waals surface area contributed by atoms with Gasteiger partial charge in [-0.3, -0.25) is 9.80 Å². The molecule has 3 atom stereocenters. The lowest BCUT2D eigenvalue weighted by Gasteiger charge is -2.25. The molecule has 4 nitrogen and oxygen atoms in total. The van der Waals surface area contributed by atoms with Gasteiger partial charge in [-0.25, -0.2) is 0 Å². The molecule has 31 heavy (non-hydrogen) atoms. The lowest BCUT2D eigenvalue weighted by atomic mass is 10.0. The van der Waals surface area contributed by atoms with E-state index in [4.69, 9.17) is 39.9 Å². The maximum Gasteiger partial charge on any atom is 0.269 e. The van der Waals surface area contributed by atoms with Gasteiger partial charge in [0.1, 0.15) is 5.71 Å². The number of anilines is 1. The highest BCUT2D eigenvalue weighted by Crippen LogP contribution is 2.40. The molecule has 0 saturated heterocycles. The second-order valence-electron chi connectivity index (χ2n) is 8.15. The second kappa shape index (κ2) is 9.86. The number of hydrogen-bond acceptors (Lipinski definition) is 3. The Bertz CT molecular complexity index is 998. The van der Waals surface area contributed by atoms with Crippen LogP contribution in [0.25, 0.3) is 0 Å². The lowest BCUT2D eigenvalue weighted by molar-refractivity contribution is -0.123. The van der Waals surface area contributed by atoms with E-state index in [0.29, 0.717) is 37.0 Å². The summed E-state index contributed by atoms with van der Waals surface area (Å²) < 4.78 is 0.629. The number of nitrogens with zero attached hydrogens (tertiary/aromatic N) is 3. The number of hydrazone groups is 1. The van der Waals surface area contributed by atoms with Gasteiger partial charge in [-0.05, 0) is 54.7 Å². The van der Waals surface area contributed by atoms with Gasteiger partial charge in [0.25, 0.3) is 5.91 Å². The third-order valence-corrected chi connectivity index (χ3v) is 8.42. The summed E-state index contributed by atoms with van der Waals surface area (Å²) in [4.78, 5) is 15.1. The number of carbonyl (C=O) groups is 1. The Morgan fingerprint density at radius 2 is 1.84 bits per heavy atom. The van der Waals surface area contributed by atoms with Crippen LogP contribution in [0.4, 0.5) is 5.69 Å². The van der Waals surface area contributed by atoms with Crippen molar-refractivity contribution < 1.29 is 4.79 Å². The number of alkyl halides is 1. The first kappa shape index (κ1) is 23.1. The Morgan fingerprint density at radius 3 is 2.48 bits per heavy atom. The molecule has 0 aromatic heterocycles. The van der Waals surface area contributed by atoms with Crippen molar-refractivity contribution in [3.05, 3.63) is 63.1 Å². The maximum atomic E-state index is 13.3. The van der Waals surface area contributed by atoms with Crippen LogP contribution < -0.4 is 5.01 Å². The van der Waals surface area contributed by atoms with Gasteiger partial charge >= 0.3 is 0 Å². The van der Waals surface area contributed by atoms with Gasteiger partial charge in [-0.15, -0.1) is 0 Å². The van der Waals surface area contributed by atoms with Gasteiger partial charge in [0.2, 0.25) is 0 Å². The Kier molecular flexibility index (Phi) is 7.36. The van der Waals surface area contributed by atoms with E-state index in [1.54, 1.807) is 12.1 Å². The number of halogens is 4. The average molecular weight is 591 g/mol. The van der Waals surface area contributed by atoms with E-state index in [1.165, 1.54) is 19.3 Å². The predicted octanol–water partition coefficient (Wildman–Crippen LogP) is 7.02. The molecule has 3 unspecified atom stereocenters. The molecule has 0 radical (unpaired) electrons. The van der Waals surface area contributed by atoms with Crippen molar-refractivity contribution in [1.29, 1.82) is 0 Å². The Hall–Kier alpha value is -1.02. The molecule has 0 N–H and O–H groups in total. The Labute approximate surface area is 211 Å². The van der Waals surface area contributed by atoms with Crippen LogP contribution in [-0.2, 0) is 4.79 Å². The molecule has 1 fully saturated rings. The minimum absolute atomic E-state index is 0.0259. The number of hydrogen-bond donors (Lipinski definition) is 0. The molecule has 1 saturated carbocycles. The molecule has 1 heterocycles. The van der Waals surface area contributed by atoms with Crippen molar-refractivity contribution in [2.45, 2.75) is 35.6 Å². The highest BCUT2D eigenvalue weighted by atomic mass is 127. The molecule has 1 amide bonds. The first-order chi connectivity index (χ1) is 14.8. The molecule has 2 aliphatic rings. The minimum Gasteiger partial charge on any atom is -0.340 e. The highest BCUT2D eigenvalue weighted by Gasteiger charge is 2.35. The highest BCUT2D eigenvalue weighted by molar-refractivity contribution is 14.1. The third kappa shape index (κ3) is 5.15. The molecule has 1 aliphatic heterocycles. The van der Waals surface area contributed by atoms with Crippen LogP contribution in [0.1, 0.15) is 37.3 Å². The summed E-state index contributed by atoms with van der Waals surface area (Å²) in [6, 6.07) is 12.8. The van der Waals surface area contributed by atoms with Gasteiger partial charge in [0.05, 0.1) is 16.8 Å². The first-order valence-corrected chi connectivity index (χ1v) is 12.7. The summed E-state index contributed by atoms with van der Waals surface area (Å²) in [5.74, 6) is 0.521. The van der Waals surface area contributed by atoms with Crippen LogP contribution in [0.2, 0.25) is 15.1 Å². The summed E-state index contributed by atoms with van der Waals surface area (Å²) in [6.45, 7) is 0.763. The molecule has 8 heteroatoms. The summed E-state index contributed by atoms with van der Waals surface area (Å²) in [5, 5.41) is 8.29. The van der Waals surface area contributed by atoms with Gasteiger partial charge in [-0.2, -0.15) is 5.10 Å². The van der Waals surface area contributed by atoms with Crippen LogP contribution in [0.5, 0.6) is 0 Å².